The van der Waals surface area contributed by atoms with Crippen molar-refractivity contribution in [3.63, 3.8) is 0 Å². The highest BCUT2D eigenvalue weighted by Gasteiger charge is 2.29. The summed E-state index contributed by atoms with van der Waals surface area (Å²) in [5.74, 6) is -0.0718. The van der Waals surface area contributed by atoms with Crippen LogP contribution in [0.25, 0.3) is 0 Å². The van der Waals surface area contributed by atoms with Gasteiger partial charge >= 0.3 is 12.1 Å². The minimum absolute atomic E-state index is 0.116. The van der Waals surface area contributed by atoms with Gasteiger partial charge in [0.15, 0.2) is 6.10 Å². The minimum Gasteiger partial charge on any atom is -0.489 e. The van der Waals surface area contributed by atoms with Crippen molar-refractivity contribution in [2.24, 2.45) is 0 Å². The average Bonchev–Trinajstić information content (AvgIpc) is 2.76. The molecule has 2 aromatic carbocycles. The maximum atomic E-state index is 12.6. The molecule has 0 saturated heterocycles. The molecule has 0 saturated carbocycles. The molecule has 1 aliphatic rings. The zero-order chi connectivity index (χ0) is 22.3. The van der Waals surface area contributed by atoms with Crippen molar-refractivity contribution in [3.05, 3.63) is 71.3 Å². The van der Waals surface area contributed by atoms with Gasteiger partial charge in [0.2, 0.25) is 0 Å². The molecule has 1 aliphatic carbocycles. The summed E-state index contributed by atoms with van der Waals surface area (Å²) in [7, 11) is 0. The summed E-state index contributed by atoms with van der Waals surface area (Å²) in [6.07, 6.45) is 2.45. The molecule has 2 aromatic rings. The Morgan fingerprint density at radius 1 is 1.00 bits per heavy atom. The topological polar surface area (TPSA) is 55.8 Å². The number of carboxylic acids is 1. The van der Waals surface area contributed by atoms with Crippen LogP contribution >= 0.6 is 0 Å². The molecule has 0 radical (unpaired) electrons. The molecule has 1 N–H and O–H groups in total. The van der Waals surface area contributed by atoms with Gasteiger partial charge in [-0.25, -0.2) is 4.79 Å². The van der Waals surface area contributed by atoms with Crippen molar-refractivity contribution in [1.82, 2.24) is 0 Å². The molecule has 1 atom stereocenters. The molecule has 0 fully saturated rings. The number of carboxylic acid groups (broad SMARTS) is 1. The largest absolute Gasteiger partial charge is 0.489 e. The fourth-order valence-corrected chi connectivity index (χ4v) is 3.42. The van der Waals surface area contributed by atoms with Gasteiger partial charge in [-0.1, -0.05) is 23.8 Å². The van der Waals surface area contributed by atoms with E-state index in [2.05, 4.69) is 6.08 Å². The van der Waals surface area contributed by atoms with Crippen LogP contribution in [0.3, 0.4) is 0 Å². The summed E-state index contributed by atoms with van der Waals surface area (Å²) in [5.41, 5.74) is 1.20. The Morgan fingerprint density at radius 2 is 1.68 bits per heavy atom. The Morgan fingerprint density at radius 3 is 2.26 bits per heavy atom. The molecular weight excluding hydrogens is 409 g/mol. The second kappa shape index (κ2) is 10.4. The van der Waals surface area contributed by atoms with E-state index in [1.165, 1.54) is 24.1 Å². The normalized spacial score (nSPS) is 15.1. The van der Waals surface area contributed by atoms with Gasteiger partial charge in [0, 0.05) is 0 Å². The van der Waals surface area contributed by atoms with Crippen LogP contribution in [-0.2, 0) is 17.6 Å². The number of benzene rings is 2. The zero-order valence-electron chi connectivity index (χ0n) is 17.0. The second-order valence-corrected chi connectivity index (χ2v) is 7.55. The average molecular weight is 434 g/mol. The molecule has 0 aromatic heterocycles. The minimum atomic E-state index is -4.36. The molecule has 0 aliphatic heterocycles. The summed E-state index contributed by atoms with van der Waals surface area (Å²) in [6.45, 7) is 0.116. The number of alkyl halides is 3. The van der Waals surface area contributed by atoms with E-state index < -0.39 is 23.8 Å². The molecule has 7 heteroatoms. The number of hydrogen-bond acceptors (Lipinski definition) is 3. The number of ether oxygens (including phenoxy) is 2. The number of allylic oxidation sites excluding steroid dienone is 2. The summed E-state index contributed by atoms with van der Waals surface area (Å²) < 4.78 is 49.1. The molecule has 31 heavy (non-hydrogen) atoms. The molecule has 4 nitrogen and oxygen atoms in total. The molecule has 0 spiro atoms. The van der Waals surface area contributed by atoms with Gasteiger partial charge < -0.3 is 14.6 Å². The third kappa shape index (κ3) is 7.05. The SMILES string of the molecule is O=C(O)C(CCC1=CCCCC1)Oc1ccc(OCc2ccc(C(F)(F)F)cc2)cc1. The van der Waals surface area contributed by atoms with Gasteiger partial charge in [-0.15, -0.1) is 0 Å². The summed E-state index contributed by atoms with van der Waals surface area (Å²) in [6, 6.07) is 11.3. The van der Waals surface area contributed by atoms with Gasteiger partial charge in [-0.05, 0) is 80.5 Å². The van der Waals surface area contributed by atoms with Gasteiger partial charge in [-0.3, -0.25) is 0 Å². The van der Waals surface area contributed by atoms with Crippen LogP contribution in [-0.4, -0.2) is 17.2 Å². The molecule has 1 unspecified atom stereocenters. The fraction of sp³-hybridized carbons (Fsp3) is 0.375. The first-order valence-corrected chi connectivity index (χ1v) is 10.3. The number of rotatable bonds is 9. The van der Waals surface area contributed by atoms with Crippen molar-refractivity contribution in [2.45, 2.75) is 57.4 Å². The van der Waals surface area contributed by atoms with Crippen LogP contribution in [0.2, 0.25) is 0 Å². The highest BCUT2D eigenvalue weighted by atomic mass is 19.4. The van der Waals surface area contributed by atoms with Gasteiger partial charge in [0.1, 0.15) is 18.1 Å². The predicted octanol–water partition coefficient (Wildman–Crippen LogP) is 6.40. The van der Waals surface area contributed by atoms with Crippen LogP contribution in [0.1, 0.15) is 49.7 Å². The summed E-state index contributed by atoms with van der Waals surface area (Å²) in [4.78, 5) is 11.5. The van der Waals surface area contributed by atoms with Crippen molar-refractivity contribution >= 4 is 5.97 Å². The van der Waals surface area contributed by atoms with E-state index in [0.29, 0.717) is 29.9 Å². The smallest absolute Gasteiger partial charge is 0.416 e. The number of hydrogen-bond donors (Lipinski definition) is 1. The van der Waals surface area contributed by atoms with Crippen LogP contribution in [0.5, 0.6) is 11.5 Å². The molecule has 166 valence electrons. The molecule has 0 bridgehead atoms. The predicted molar refractivity (Wildman–Crippen MR) is 110 cm³/mol. The zero-order valence-corrected chi connectivity index (χ0v) is 17.0. The van der Waals surface area contributed by atoms with E-state index in [1.807, 2.05) is 0 Å². The quantitative estimate of drug-likeness (QED) is 0.464. The Balaban J connectivity index is 1.51. The van der Waals surface area contributed by atoms with Crippen LogP contribution < -0.4 is 9.47 Å². The van der Waals surface area contributed by atoms with E-state index in [-0.39, 0.29) is 6.61 Å². The summed E-state index contributed by atoms with van der Waals surface area (Å²) in [5, 5.41) is 9.46. The second-order valence-electron chi connectivity index (χ2n) is 7.55. The Labute approximate surface area is 179 Å². The maximum Gasteiger partial charge on any atom is 0.416 e. The third-order valence-corrected chi connectivity index (χ3v) is 5.18. The standard InChI is InChI=1S/C24H25F3O4/c25-24(26,27)19-9-6-18(7-10-19)16-30-20-11-13-21(14-12-20)31-22(23(28)29)15-8-17-4-2-1-3-5-17/h4,6-7,9-14,22H,1-3,5,8,15-16H2,(H,28,29). The van der Waals surface area contributed by atoms with Crippen molar-refractivity contribution in [2.75, 3.05) is 0 Å². The third-order valence-electron chi connectivity index (χ3n) is 5.18. The van der Waals surface area contributed by atoms with Crippen LogP contribution in [0.15, 0.2) is 60.2 Å². The lowest BCUT2D eigenvalue weighted by atomic mass is 9.95. The van der Waals surface area contributed by atoms with Crippen LogP contribution in [0.4, 0.5) is 13.2 Å². The molecule has 0 amide bonds. The maximum absolute atomic E-state index is 12.6. The Kier molecular flexibility index (Phi) is 7.60. The molecule has 0 heterocycles. The van der Waals surface area contributed by atoms with Crippen molar-refractivity contribution < 1.29 is 32.5 Å². The van der Waals surface area contributed by atoms with E-state index in [1.54, 1.807) is 24.3 Å². The van der Waals surface area contributed by atoms with E-state index in [0.717, 1.165) is 31.4 Å². The first kappa shape index (κ1) is 22.7. The monoisotopic (exact) mass is 434 g/mol. The van der Waals surface area contributed by atoms with E-state index in [9.17, 15) is 23.1 Å². The Hall–Kier alpha value is -2.96. The lowest BCUT2D eigenvalue weighted by Gasteiger charge is -2.18. The Bertz CT molecular complexity index is 887. The van der Waals surface area contributed by atoms with E-state index in [4.69, 9.17) is 9.47 Å². The first-order valence-electron chi connectivity index (χ1n) is 10.3. The lowest BCUT2D eigenvalue weighted by Crippen LogP contribution is -2.27. The first-order chi connectivity index (χ1) is 14.8. The van der Waals surface area contributed by atoms with E-state index >= 15 is 0 Å². The molecular formula is C24H25F3O4. The van der Waals surface area contributed by atoms with Crippen LogP contribution in [0, 0.1) is 0 Å². The summed E-state index contributed by atoms with van der Waals surface area (Å²) >= 11 is 0. The molecule has 3 rings (SSSR count). The number of halogens is 3. The lowest BCUT2D eigenvalue weighted by molar-refractivity contribution is -0.145. The number of aliphatic carboxylic acids is 1. The fourth-order valence-electron chi connectivity index (χ4n) is 3.42. The number of carbonyl (C=O) groups is 1. The highest BCUT2D eigenvalue weighted by Crippen LogP contribution is 2.29. The van der Waals surface area contributed by atoms with Gasteiger partial charge in [0.25, 0.3) is 0 Å². The highest BCUT2D eigenvalue weighted by molar-refractivity contribution is 5.72. The van der Waals surface area contributed by atoms with Gasteiger partial charge in [0.05, 0.1) is 5.56 Å². The van der Waals surface area contributed by atoms with Crippen molar-refractivity contribution in [3.8, 4) is 11.5 Å². The van der Waals surface area contributed by atoms with Gasteiger partial charge in [-0.2, -0.15) is 13.2 Å². The van der Waals surface area contributed by atoms with Crippen molar-refractivity contribution in [1.29, 1.82) is 0 Å².